The molecule has 730 valence electrons. The molecule has 4 N–H and O–H groups in total. The van der Waals surface area contributed by atoms with Crippen molar-refractivity contribution in [1.29, 1.82) is 0 Å². The minimum Gasteiger partial charge on any atom is -0.508 e. The molecule has 7 saturated heterocycles. The first-order valence-corrected chi connectivity index (χ1v) is 50.5. The molecule has 9 aliphatic rings. The molecule has 34 nitrogen and oxygen atoms in total. The molecule has 21 rings (SSSR count). The first-order chi connectivity index (χ1) is 68.6. The maximum atomic E-state index is 12.7. The number of piperazine rings is 1. The summed E-state index contributed by atoms with van der Waals surface area (Å²) in [5.74, 6) is 12.1. The van der Waals surface area contributed by atoms with Crippen molar-refractivity contribution in [1.82, 2.24) is 64.4 Å². The summed E-state index contributed by atoms with van der Waals surface area (Å²) in [4.78, 5) is 145. The van der Waals surface area contributed by atoms with Gasteiger partial charge in [0.1, 0.15) is 23.0 Å². The van der Waals surface area contributed by atoms with Crippen LogP contribution in [0.1, 0.15) is 77.8 Å². The second-order valence-corrected chi connectivity index (χ2v) is 39.2. The van der Waals surface area contributed by atoms with Crippen LogP contribution in [0.3, 0.4) is 0 Å². The molecule has 12 aromatic rings. The number of phenols is 4. The Morgan fingerprint density at radius 1 is 0.454 bits per heavy atom. The largest absolute Gasteiger partial charge is 0.508 e. The number of ketones is 1. The molecule has 4 amide bonds. The zero-order valence-electron chi connectivity index (χ0n) is 78.2. The minimum absolute atomic E-state index is 0.0109. The summed E-state index contributed by atoms with van der Waals surface area (Å²) in [5, 5.41) is 39.8. The first-order valence-electron chi connectivity index (χ1n) is 47.3. The number of thiophene rings is 4. The normalized spacial score (nSPS) is 18.0. The molecule has 0 aliphatic carbocycles. The van der Waals surface area contributed by atoms with E-state index in [9.17, 15) is 54.0 Å². The average Bonchev–Trinajstić information content (AvgIpc) is 1.67. The van der Waals surface area contributed by atoms with Crippen molar-refractivity contribution in [3.8, 4) is 80.4 Å². The van der Waals surface area contributed by atoms with Gasteiger partial charge in [0.05, 0.1) is 112 Å². The Hall–Kier alpha value is -13.8. The molecule has 0 spiro atoms. The van der Waals surface area contributed by atoms with Gasteiger partial charge in [0.2, 0.25) is 11.8 Å². The maximum Gasteiger partial charge on any atom is 0.306 e. The summed E-state index contributed by atoms with van der Waals surface area (Å²) < 4.78 is 36.5. The number of ether oxygens (including phenoxy) is 6. The fraction of sp³-hybridized carbons (Fsp3) is 0.369. The number of benzene rings is 4. The number of nitrogens with zero attached hydrogens (tertiary/aromatic N) is 17. The molecule has 9 aliphatic heterocycles. The summed E-state index contributed by atoms with van der Waals surface area (Å²) in [7, 11) is 1.75. The number of carbonyl (C=O) groups excluding carboxylic acids is 7. The van der Waals surface area contributed by atoms with Crippen LogP contribution in [0.25, 0.3) is 97.6 Å². The van der Waals surface area contributed by atoms with E-state index in [1.165, 1.54) is 23.3 Å². The molecule has 38 heteroatoms. The third kappa shape index (κ3) is 23.8. The third-order valence-electron chi connectivity index (χ3n) is 25.2. The van der Waals surface area contributed by atoms with Crippen molar-refractivity contribution in [3.05, 3.63) is 178 Å². The van der Waals surface area contributed by atoms with Crippen LogP contribution in [0.4, 0.5) is 23.3 Å². The van der Waals surface area contributed by atoms with Crippen LogP contribution in [0.15, 0.2) is 158 Å². The lowest BCUT2D eigenvalue weighted by atomic mass is 10.1. The van der Waals surface area contributed by atoms with Gasteiger partial charge >= 0.3 is 11.9 Å². The number of allylic oxidation sites excluding steroid dienone is 2. The summed E-state index contributed by atoms with van der Waals surface area (Å²) in [6, 6.07) is 36.1. The number of anilines is 4. The number of carbonyl (C=O) groups is 7. The maximum absolute atomic E-state index is 12.7. The molecule has 8 aromatic heterocycles. The minimum atomic E-state index is -0.640. The monoisotopic (exact) mass is 1980 g/mol. The molecular weight excluding hydrogens is 1880 g/mol. The summed E-state index contributed by atoms with van der Waals surface area (Å²) >= 11 is 6.52. The van der Waals surface area contributed by atoms with Crippen LogP contribution in [0.2, 0.25) is 0 Å². The third-order valence-corrected chi connectivity index (χ3v) is 29.8. The van der Waals surface area contributed by atoms with Gasteiger partial charge in [-0.3, -0.25) is 38.5 Å². The Morgan fingerprint density at radius 3 is 1.20 bits per heavy atom. The fourth-order valence-corrected chi connectivity index (χ4v) is 22.2. The summed E-state index contributed by atoms with van der Waals surface area (Å²) in [6.45, 7) is 22.8. The van der Waals surface area contributed by atoms with Gasteiger partial charge in [0, 0.05) is 187 Å². The van der Waals surface area contributed by atoms with Crippen molar-refractivity contribution in [2.75, 3.05) is 191 Å². The van der Waals surface area contributed by atoms with E-state index in [2.05, 4.69) is 67.2 Å². The molecule has 0 unspecified atom stereocenters. The van der Waals surface area contributed by atoms with Gasteiger partial charge in [0.25, 0.3) is 11.8 Å². The van der Waals surface area contributed by atoms with E-state index in [1.807, 2.05) is 41.3 Å². The van der Waals surface area contributed by atoms with Crippen molar-refractivity contribution < 1.29 is 82.4 Å². The van der Waals surface area contributed by atoms with Crippen LogP contribution >= 0.6 is 45.3 Å². The number of phenolic OH excluding ortho intramolecular Hbond substituents is 4. The topological polar surface area (TPSA) is 388 Å². The number of aromatic nitrogens is 8. The Morgan fingerprint density at radius 2 is 0.837 bits per heavy atom. The molecule has 17 heterocycles. The van der Waals surface area contributed by atoms with Gasteiger partial charge in [-0.25, -0.2) is 39.9 Å². The molecule has 7 fully saturated rings. The number of hydrogen-bond donors (Lipinski definition) is 4. The molecule has 141 heavy (non-hydrogen) atoms. The molecule has 2 atom stereocenters. The van der Waals surface area contributed by atoms with Crippen LogP contribution in [0, 0.1) is 11.8 Å². The highest BCUT2D eigenvalue weighted by Gasteiger charge is 2.37. The molecule has 0 radical (unpaired) electrons. The standard InChI is InChI=1S/C26H27N5O3S.2C26H26N4O5S.C25H28N4O4S/c1-2-23(33)30-11-9-29(10-12-30)8-4-7-21-18-22-24(35-21)26(31-13-15-34-16-14-31)28-25(27-22)19-5-3-6-20(32)17-19;2*31-18-3-1-2-17(14-18)24-27-19-15-21(36-23(19)25(28-24)29-10-12-34-13-11-29)16-6-8-30(9-7-16)26(33)20-4-5-22(32)35-20;1-3-5-18(30)8-9-22(32)28(2)16-20-15-21-23(34-20)25(29-10-12-33-13-11-29)27-24(26-21)17-6-4-7-19(31)14-17/h2-3,5-6,17-18,32H,1,8-16H2;2*1-3,6,14-15,20,31H,4-5,7-13H2;3-7,14-15,31H,8-13,16H2,1-2H3/b;;;5-3+/t;2*20-;/m.10./s1. The number of morpholine rings is 4. The highest BCUT2D eigenvalue weighted by Crippen LogP contribution is 2.44. The number of amides is 4. The summed E-state index contributed by atoms with van der Waals surface area (Å²) in [6.07, 6.45) is 10.8. The van der Waals surface area contributed by atoms with E-state index >= 15 is 0 Å². The number of esters is 2. The lowest BCUT2D eigenvalue weighted by molar-refractivity contribution is -0.152. The lowest BCUT2D eigenvalue weighted by Gasteiger charge is -2.33. The van der Waals surface area contributed by atoms with E-state index < -0.39 is 12.2 Å². The average molecular weight is 1980 g/mol. The Balaban J connectivity index is 0.000000124. The second-order valence-electron chi connectivity index (χ2n) is 34.9. The van der Waals surface area contributed by atoms with E-state index in [-0.39, 0.29) is 77.2 Å². The predicted molar refractivity (Wildman–Crippen MR) is 542 cm³/mol. The van der Waals surface area contributed by atoms with Crippen molar-refractivity contribution >= 4 is 162 Å². The van der Waals surface area contributed by atoms with Crippen molar-refractivity contribution in [3.63, 3.8) is 0 Å². The Bertz CT molecular complexity index is 6650. The SMILES string of the molecule is C/C=C/C(=O)CCC(=O)N(C)Cc1cc2nc(-c3cccc(O)c3)nc(N3CCOCC3)c2s1.C=CC(=O)N1CCN(CC#Cc2cc3nc(-c4cccc(O)c4)nc(N4CCOCC4)c3s2)CC1.O=C1CC[C@@H](C(=O)N2CC=C(c3cc4nc(-c5cccc(O)c5)nc(N5CCOCC5)c4s3)CC2)O1.O=C1CC[C@H](C(=O)N2CC=C(c3cc4nc(-c5cccc(O)c5)nc(N5CCOCC5)c4s3)CC2)O1. The predicted octanol–water partition coefficient (Wildman–Crippen LogP) is 12.8. The number of fused-ring (bicyclic) bond motifs is 4. The number of aromatic hydroxyl groups is 4. The molecule has 0 bridgehead atoms. The van der Waals surface area contributed by atoms with Gasteiger partial charge < -0.3 is 88.0 Å². The quantitative estimate of drug-likeness (QED) is 0.0313. The zero-order chi connectivity index (χ0) is 97.6. The highest BCUT2D eigenvalue weighted by molar-refractivity contribution is 7.21. The molecular formula is C103H107N17O17S4. The number of rotatable bonds is 20. The van der Waals surface area contributed by atoms with Gasteiger partial charge in [-0.05, 0) is 116 Å². The van der Waals surface area contributed by atoms with Crippen LogP contribution in [-0.2, 0) is 68.5 Å². The fourth-order valence-electron chi connectivity index (χ4n) is 17.7. The van der Waals surface area contributed by atoms with Gasteiger partial charge in [-0.1, -0.05) is 85.2 Å². The van der Waals surface area contributed by atoms with Gasteiger partial charge in [-0.2, -0.15) is 0 Å². The van der Waals surface area contributed by atoms with Crippen LogP contribution < -0.4 is 19.6 Å². The van der Waals surface area contributed by atoms with Crippen LogP contribution in [0.5, 0.6) is 23.0 Å². The van der Waals surface area contributed by atoms with E-state index in [1.54, 1.807) is 153 Å². The molecule has 4 aromatic carbocycles. The Kier molecular flexibility index (Phi) is 31.3. The highest BCUT2D eigenvalue weighted by atomic mass is 32.1. The second kappa shape index (κ2) is 45.2. The zero-order valence-corrected chi connectivity index (χ0v) is 81.4. The number of hydrogen-bond acceptors (Lipinski definition) is 34. The van der Waals surface area contributed by atoms with E-state index in [0.717, 1.165) is 184 Å². The number of cyclic esters (lactones) is 2. The first kappa shape index (κ1) is 97.5. The van der Waals surface area contributed by atoms with Crippen molar-refractivity contribution in [2.45, 2.75) is 77.0 Å². The van der Waals surface area contributed by atoms with E-state index in [4.69, 9.17) is 68.3 Å². The van der Waals surface area contributed by atoms with Crippen molar-refractivity contribution in [2.24, 2.45) is 0 Å². The van der Waals surface area contributed by atoms with Gasteiger partial charge in [-0.15, -0.1) is 45.3 Å². The van der Waals surface area contributed by atoms with Crippen LogP contribution in [-0.4, -0.2) is 310 Å². The van der Waals surface area contributed by atoms with E-state index in [0.29, 0.717) is 154 Å². The summed E-state index contributed by atoms with van der Waals surface area (Å²) in [5.41, 5.74) is 8.77. The smallest absolute Gasteiger partial charge is 0.306 e. The molecule has 0 saturated carbocycles. The Labute approximate surface area is 829 Å². The lowest BCUT2D eigenvalue weighted by Crippen LogP contribution is -2.48. The van der Waals surface area contributed by atoms with Gasteiger partial charge in [0.15, 0.2) is 64.6 Å².